The Morgan fingerprint density at radius 1 is 0.706 bits per heavy atom. The van der Waals surface area contributed by atoms with Crippen LogP contribution < -0.4 is 0 Å². The average Bonchev–Trinajstić information content (AvgIpc) is 2.79. The molecule has 3 aliphatic rings. The molecule has 0 bridgehead atoms. The van der Waals surface area contributed by atoms with Gasteiger partial charge in [-0.05, 0) is 6.92 Å². The molecular weight excluding hydrogens is 472 g/mol. The van der Waals surface area contributed by atoms with Gasteiger partial charge in [0, 0.05) is 0 Å². The average molecular weight is 502 g/mol. The zero-order valence-electron chi connectivity index (χ0n) is 17.8. The summed E-state index contributed by atoms with van der Waals surface area (Å²) in [6.07, 6.45) is -26.4. The lowest BCUT2D eigenvalue weighted by Gasteiger charge is -2.47. The molecule has 34 heavy (non-hydrogen) atoms. The second-order valence-electron chi connectivity index (χ2n) is 8.36. The third kappa shape index (κ3) is 5.20. The second kappa shape index (κ2) is 10.9. The van der Waals surface area contributed by atoms with Crippen LogP contribution in [-0.2, 0) is 28.5 Å². The Hall–Kier alpha value is -1.09. The van der Waals surface area contributed by atoms with E-state index in [1.165, 1.54) is 6.92 Å². The Kier molecular flexibility index (Phi) is 8.81. The first-order valence-electron chi connectivity index (χ1n) is 10.4. The molecule has 0 aliphatic carbocycles. The van der Waals surface area contributed by atoms with Gasteiger partial charge in [-0.3, -0.25) is 0 Å². The molecule has 0 aromatic heterocycles. The Labute approximate surface area is 192 Å². The minimum atomic E-state index is -2.10. The second-order valence-corrected chi connectivity index (χ2v) is 8.36. The molecule has 16 nitrogen and oxygen atoms in total. The maximum absolute atomic E-state index is 11.1. The summed E-state index contributed by atoms with van der Waals surface area (Å²) in [6, 6.07) is 0. The van der Waals surface area contributed by atoms with Crippen molar-refractivity contribution in [3.63, 3.8) is 0 Å². The van der Waals surface area contributed by atoms with E-state index in [9.17, 15) is 50.8 Å². The standard InChI is InChI=1S/C18H30O16/c1-3-5(20)7(22)11(26)17(30-3)34-14-8(23)6(21)4(2-19)31-18(14)33-13-10(25)9(24)12(15(27)28)32-16(13)29/h3-14,16-26,29H,2H2,1H3,(H,27,28)/t3-,4+,5-,6-,7+,8-,9-,10-,11+,12-,13+,14+,16+,17-,18-/m0/s1. The molecule has 3 rings (SSSR count). The monoisotopic (exact) mass is 502 g/mol. The van der Waals surface area contributed by atoms with Crippen LogP contribution in [0.2, 0.25) is 0 Å². The highest BCUT2D eigenvalue weighted by atomic mass is 16.8. The summed E-state index contributed by atoms with van der Waals surface area (Å²) >= 11 is 0. The van der Waals surface area contributed by atoms with Gasteiger partial charge in [0.2, 0.25) is 0 Å². The van der Waals surface area contributed by atoms with Crippen LogP contribution in [-0.4, -0.2) is 156 Å². The van der Waals surface area contributed by atoms with Gasteiger partial charge in [-0.25, -0.2) is 4.79 Å². The molecule has 16 heteroatoms. The summed E-state index contributed by atoms with van der Waals surface area (Å²) < 4.78 is 26.3. The fourth-order valence-electron chi connectivity index (χ4n) is 3.95. The summed E-state index contributed by atoms with van der Waals surface area (Å²) in [5, 5.41) is 99.7. The van der Waals surface area contributed by atoms with E-state index in [2.05, 4.69) is 0 Å². The molecule has 3 fully saturated rings. The van der Waals surface area contributed by atoms with Gasteiger partial charge in [0.25, 0.3) is 0 Å². The van der Waals surface area contributed by atoms with Crippen LogP contribution >= 0.6 is 0 Å². The summed E-state index contributed by atoms with van der Waals surface area (Å²) in [4.78, 5) is 11.1. The Bertz CT molecular complexity index is 695. The topological polar surface area (TPSA) is 266 Å². The van der Waals surface area contributed by atoms with Gasteiger partial charge in [-0.1, -0.05) is 0 Å². The fraction of sp³-hybridized carbons (Fsp3) is 0.944. The number of aliphatic hydroxyl groups excluding tert-OH is 9. The van der Waals surface area contributed by atoms with E-state index in [1.807, 2.05) is 0 Å². The maximum Gasteiger partial charge on any atom is 0.335 e. The fourth-order valence-corrected chi connectivity index (χ4v) is 3.95. The van der Waals surface area contributed by atoms with E-state index in [4.69, 9.17) is 28.8 Å². The zero-order valence-corrected chi connectivity index (χ0v) is 17.8. The molecule has 0 radical (unpaired) electrons. The Balaban J connectivity index is 1.82. The summed E-state index contributed by atoms with van der Waals surface area (Å²) in [6.45, 7) is 0.548. The molecule has 0 spiro atoms. The number of carboxylic acid groups (broad SMARTS) is 1. The van der Waals surface area contributed by atoms with Gasteiger partial charge in [0.1, 0.15) is 61.0 Å². The van der Waals surface area contributed by atoms with E-state index in [0.717, 1.165) is 0 Å². The lowest BCUT2D eigenvalue weighted by molar-refractivity contribution is -0.388. The van der Waals surface area contributed by atoms with Crippen molar-refractivity contribution in [2.75, 3.05) is 6.61 Å². The van der Waals surface area contributed by atoms with Crippen molar-refractivity contribution < 1.29 is 79.5 Å². The number of aliphatic hydroxyl groups is 9. The summed E-state index contributed by atoms with van der Waals surface area (Å²) in [5.41, 5.74) is 0. The van der Waals surface area contributed by atoms with Gasteiger partial charge >= 0.3 is 5.97 Å². The molecule has 0 saturated carbocycles. The van der Waals surface area contributed by atoms with Gasteiger partial charge in [0.05, 0.1) is 12.7 Å². The summed E-state index contributed by atoms with van der Waals surface area (Å²) in [5.74, 6) is -1.67. The Morgan fingerprint density at radius 3 is 1.88 bits per heavy atom. The van der Waals surface area contributed by atoms with E-state index in [-0.39, 0.29) is 0 Å². The quantitative estimate of drug-likeness (QED) is 0.162. The molecule has 0 aromatic rings. The van der Waals surface area contributed by atoms with Crippen LogP contribution in [0.5, 0.6) is 0 Å². The number of aliphatic carboxylic acids is 1. The van der Waals surface area contributed by atoms with Crippen molar-refractivity contribution in [3.05, 3.63) is 0 Å². The van der Waals surface area contributed by atoms with E-state index in [1.54, 1.807) is 0 Å². The predicted octanol–water partition coefficient (Wildman–Crippen LogP) is -6.45. The first-order valence-corrected chi connectivity index (χ1v) is 10.4. The van der Waals surface area contributed by atoms with E-state index < -0.39 is 105 Å². The maximum atomic E-state index is 11.1. The number of carboxylic acids is 1. The number of rotatable bonds is 6. The van der Waals surface area contributed by atoms with Crippen LogP contribution in [0.3, 0.4) is 0 Å². The van der Waals surface area contributed by atoms with Crippen molar-refractivity contribution in [2.45, 2.75) is 99.0 Å². The lowest BCUT2D eigenvalue weighted by Crippen LogP contribution is -2.66. The molecule has 10 N–H and O–H groups in total. The Morgan fingerprint density at radius 2 is 1.29 bits per heavy atom. The number of hydrogen-bond donors (Lipinski definition) is 10. The zero-order chi connectivity index (χ0) is 25.5. The molecule has 0 unspecified atom stereocenters. The van der Waals surface area contributed by atoms with Crippen molar-refractivity contribution in [1.29, 1.82) is 0 Å². The van der Waals surface area contributed by atoms with Gasteiger partial charge in [-0.2, -0.15) is 0 Å². The van der Waals surface area contributed by atoms with Crippen LogP contribution in [0.25, 0.3) is 0 Å². The predicted molar refractivity (Wildman–Crippen MR) is 100 cm³/mol. The van der Waals surface area contributed by atoms with Gasteiger partial charge in [0.15, 0.2) is 25.0 Å². The normalized spacial score (nSPS) is 52.4. The molecule has 0 aromatic carbocycles. The van der Waals surface area contributed by atoms with Crippen molar-refractivity contribution in [2.24, 2.45) is 0 Å². The van der Waals surface area contributed by atoms with Crippen molar-refractivity contribution in [3.8, 4) is 0 Å². The molecule has 15 atom stereocenters. The molecule has 198 valence electrons. The molecule has 3 saturated heterocycles. The van der Waals surface area contributed by atoms with Crippen LogP contribution in [0.15, 0.2) is 0 Å². The van der Waals surface area contributed by atoms with E-state index in [0.29, 0.717) is 0 Å². The molecule has 0 amide bonds. The third-order valence-electron chi connectivity index (χ3n) is 6.02. The van der Waals surface area contributed by atoms with Gasteiger partial charge < -0.3 is 74.7 Å². The van der Waals surface area contributed by atoms with Crippen LogP contribution in [0, 0.1) is 0 Å². The summed E-state index contributed by atoms with van der Waals surface area (Å²) in [7, 11) is 0. The minimum Gasteiger partial charge on any atom is -0.479 e. The van der Waals surface area contributed by atoms with Crippen molar-refractivity contribution >= 4 is 5.97 Å². The molecular formula is C18H30O16. The van der Waals surface area contributed by atoms with Gasteiger partial charge in [-0.15, -0.1) is 0 Å². The highest BCUT2D eigenvalue weighted by Gasteiger charge is 2.54. The first kappa shape index (κ1) is 27.5. The number of hydrogen-bond acceptors (Lipinski definition) is 15. The van der Waals surface area contributed by atoms with Crippen LogP contribution in [0.1, 0.15) is 6.92 Å². The lowest BCUT2D eigenvalue weighted by atomic mass is 9.96. The highest BCUT2D eigenvalue weighted by molar-refractivity contribution is 5.73. The number of ether oxygens (including phenoxy) is 5. The molecule has 3 heterocycles. The van der Waals surface area contributed by atoms with Crippen molar-refractivity contribution in [1.82, 2.24) is 0 Å². The first-order chi connectivity index (χ1) is 15.9. The number of carbonyl (C=O) groups is 1. The highest BCUT2D eigenvalue weighted by Crippen LogP contribution is 2.32. The smallest absolute Gasteiger partial charge is 0.335 e. The van der Waals surface area contributed by atoms with Crippen LogP contribution in [0.4, 0.5) is 0 Å². The molecule has 3 aliphatic heterocycles. The SMILES string of the molecule is C[C@@H]1O[C@@H](O[C@H]2[C@H](O[C@@H]3[C@@H](O)[C@H](O)[C@@H](C(=O)O)O[C@H]3O)O[C@H](CO)[C@H](O)[C@@H]2O)[C@H](O)[C@H](O)[C@H]1O. The third-order valence-corrected chi connectivity index (χ3v) is 6.02. The largest absolute Gasteiger partial charge is 0.479 e. The minimum absolute atomic E-state index is 0.814. The van der Waals surface area contributed by atoms with E-state index >= 15 is 0 Å².